The zero-order valence-corrected chi connectivity index (χ0v) is 11.5. The van der Waals surface area contributed by atoms with Crippen molar-refractivity contribution >= 4 is 0 Å². The van der Waals surface area contributed by atoms with Crippen molar-refractivity contribution < 1.29 is 0 Å². The highest BCUT2D eigenvalue weighted by molar-refractivity contribution is 4.90. The summed E-state index contributed by atoms with van der Waals surface area (Å²) >= 11 is 0. The lowest BCUT2D eigenvalue weighted by Gasteiger charge is -2.32. The van der Waals surface area contributed by atoms with Gasteiger partial charge in [-0.1, -0.05) is 52.9 Å². The fourth-order valence-corrected chi connectivity index (χ4v) is 4.74. The first-order chi connectivity index (χ1) is 7.74. The van der Waals surface area contributed by atoms with E-state index in [-0.39, 0.29) is 0 Å². The van der Waals surface area contributed by atoms with Crippen LogP contribution >= 0.6 is 0 Å². The molecule has 0 bridgehead atoms. The van der Waals surface area contributed by atoms with Crippen molar-refractivity contribution in [1.82, 2.24) is 0 Å². The summed E-state index contributed by atoms with van der Waals surface area (Å²) < 4.78 is 0. The summed E-state index contributed by atoms with van der Waals surface area (Å²) in [5.74, 6) is 5.28. The molecular formula is C16H30. The molecule has 2 aliphatic rings. The van der Waals surface area contributed by atoms with Crippen molar-refractivity contribution in [2.45, 2.75) is 72.1 Å². The molecule has 4 atom stereocenters. The van der Waals surface area contributed by atoms with Crippen LogP contribution in [0.25, 0.3) is 0 Å². The molecule has 0 aromatic carbocycles. The third-order valence-electron chi connectivity index (χ3n) is 5.41. The molecule has 4 unspecified atom stereocenters. The SMILES string of the molecule is CCCC1CCCC1C1CCCC1C(C)C. The molecule has 2 aliphatic carbocycles. The molecule has 2 rings (SSSR count). The first-order valence-electron chi connectivity index (χ1n) is 7.74. The fraction of sp³-hybridized carbons (Fsp3) is 1.00. The third kappa shape index (κ3) is 2.46. The standard InChI is InChI=1S/C16H30/c1-4-7-13-8-5-10-15(13)16-11-6-9-14(16)12(2)3/h12-16H,4-11H2,1-3H3. The lowest BCUT2D eigenvalue weighted by Crippen LogP contribution is -2.25. The second-order valence-electron chi connectivity index (χ2n) is 6.65. The molecule has 0 aliphatic heterocycles. The Morgan fingerprint density at radius 2 is 1.62 bits per heavy atom. The van der Waals surface area contributed by atoms with E-state index in [1.807, 2.05) is 0 Å². The zero-order chi connectivity index (χ0) is 11.5. The number of hydrogen-bond acceptors (Lipinski definition) is 0. The van der Waals surface area contributed by atoms with E-state index in [1.54, 1.807) is 19.3 Å². The van der Waals surface area contributed by atoms with E-state index in [0.29, 0.717) is 0 Å². The predicted molar refractivity (Wildman–Crippen MR) is 71.4 cm³/mol. The van der Waals surface area contributed by atoms with E-state index in [2.05, 4.69) is 20.8 Å². The van der Waals surface area contributed by atoms with E-state index in [4.69, 9.17) is 0 Å². The van der Waals surface area contributed by atoms with Crippen LogP contribution in [0.5, 0.6) is 0 Å². The van der Waals surface area contributed by atoms with Gasteiger partial charge >= 0.3 is 0 Å². The second kappa shape index (κ2) is 5.56. The van der Waals surface area contributed by atoms with Gasteiger partial charge in [0.2, 0.25) is 0 Å². The van der Waals surface area contributed by atoms with Crippen molar-refractivity contribution in [3.63, 3.8) is 0 Å². The molecule has 0 spiro atoms. The molecule has 2 saturated carbocycles. The second-order valence-corrected chi connectivity index (χ2v) is 6.65. The third-order valence-corrected chi connectivity index (χ3v) is 5.41. The molecule has 94 valence electrons. The van der Waals surface area contributed by atoms with Crippen LogP contribution in [0.1, 0.15) is 72.1 Å². The molecule has 0 amide bonds. The van der Waals surface area contributed by atoms with Gasteiger partial charge in [-0.05, 0) is 48.9 Å². The maximum absolute atomic E-state index is 2.45. The van der Waals surface area contributed by atoms with E-state index >= 15 is 0 Å². The smallest absolute Gasteiger partial charge is 0.0352 e. The molecule has 2 fully saturated rings. The summed E-state index contributed by atoms with van der Waals surface area (Å²) in [6, 6.07) is 0. The minimum Gasteiger partial charge on any atom is -0.0654 e. The summed E-state index contributed by atoms with van der Waals surface area (Å²) in [4.78, 5) is 0. The monoisotopic (exact) mass is 222 g/mol. The van der Waals surface area contributed by atoms with Crippen molar-refractivity contribution in [2.75, 3.05) is 0 Å². The number of rotatable bonds is 4. The maximum Gasteiger partial charge on any atom is -0.0352 e. The largest absolute Gasteiger partial charge is 0.0654 e. The molecule has 0 aromatic rings. The van der Waals surface area contributed by atoms with Gasteiger partial charge in [0.15, 0.2) is 0 Å². The highest BCUT2D eigenvalue weighted by Crippen LogP contribution is 2.49. The summed E-state index contributed by atoms with van der Waals surface area (Å²) in [5.41, 5.74) is 0. The Morgan fingerprint density at radius 1 is 0.938 bits per heavy atom. The zero-order valence-electron chi connectivity index (χ0n) is 11.5. The van der Waals surface area contributed by atoms with Crippen LogP contribution < -0.4 is 0 Å². The van der Waals surface area contributed by atoms with Crippen LogP contribution in [-0.4, -0.2) is 0 Å². The van der Waals surface area contributed by atoms with Gasteiger partial charge in [0.05, 0.1) is 0 Å². The molecule has 16 heavy (non-hydrogen) atoms. The fourth-order valence-electron chi connectivity index (χ4n) is 4.74. The van der Waals surface area contributed by atoms with Crippen molar-refractivity contribution in [2.24, 2.45) is 29.6 Å². The van der Waals surface area contributed by atoms with Crippen LogP contribution in [0.15, 0.2) is 0 Å². The van der Waals surface area contributed by atoms with Gasteiger partial charge in [-0.15, -0.1) is 0 Å². The average molecular weight is 222 g/mol. The summed E-state index contributed by atoms with van der Waals surface area (Å²) in [7, 11) is 0. The van der Waals surface area contributed by atoms with E-state index < -0.39 is 0 Å². The molecule has 0 saturated heterocycles. The Kier molecular flexibility index (Phi) is 4.33. The molecule has 0 nitrogen and oxygen atoms in total. The molecule has 0 N–H and O–H groups in total. The topological polar surface area (TPSA) is 0 Å². The van der Waals surface area contributed by atoms with Gasteiger partial charge in [0, 0.05) is 0 Å². The Balaban J connectivity index is 1.99. The van der Waals surface area contributed by atoms with E-state index in [0.717, 1.165) is 29.6 Å². The Morgan fingerprint density at radius 3 is 2.31 bits per heavy atom. The van der Waals surface area contributed by atoms with E-state index in [9.17, 15) is 0 Å². The van der Waals surface area contributed by atoms with Gasteiger partial charge in [-0.2, -0.15) is 0 Å². The molecule has 0 heteroatoms. The van der Waals surface area contributed by atoms with Crippen LogP contribution in [0.2, 0.25) is 0 Å². The summed E-state index contributed by atoms with van der Waals surface area (Å²) in [5, 5.41) is 0. The van der Waals surface area contributed by atoms with Gasteiger partial charge in [-0.3, -0.25) is 0 Å². The molecule has 0 heterocycles. The Labute approximate surface area is 102 Å². The van der Waals surface area contributed by atoms with Crippen LogP contribution in [0.3, 0.4) is 0 Å². The van der Waals surface area contributed by atoms with Gasteiger partial charge in [-0.25, -0.2) is 0 Å². The normalized spacial score (nSPS) is 39.8. The average Bonchev–Trinajstić information content (AvgIpc) is 2.83. The van der Waals surface area contributed by atoms with Crippen molar-refractivity contribution in [3.8, 4) is 0 Å². The highest BCUT2D eigenvalue weighted by atomic mass is 14.4. The Hall–Kier alpha value is 0. The summed E-state index contributed by atoms with van der Waals surface area (Å²) in [6.45, 7) is 7.27. The molecule has 0 radical (unpaired) electrons. The van der Waals surface area contributed by atoms with Crippen LogP contribution in [-0.2, 0) is 0 Å². The minimum atomic E-state index is 0.926. The van der Waals surface area contributed by atoms with Crippen LogP contribution in [0.4, 0.5) is 0 Å². The first-order valence-corrected chi connectivity index (χ1v) is 7.74. The minimum absolute atomic E-state index is 0.926. The van der Waals surface area contributed by atoms with Crippen LogP contribution in [0, 0.1) is 29.6 Å². The molecule has 0 aromatic heterocycles. The van der Waals surface area contributed by atoms with Gasteiger partial charge in [0.1, 0.15) is 0 Å². The number of hydrogen-bond donors (Lipinski definition) is 0. The van der Waals surface area contributed by atoms with Crippen molar-refractivity contribution in [3.05, 3.63) is 0 Å². The predicted octanol–water partition coefficient (Wildman–Crippen LogP) is 5.28. The quantitative estimate of drug-likeness (QED) is 0.607. The van der Waals surface area contributed by atoms with Gasteiger partial charge in [0.25, 0.3) is 0 Å². The lowest BCUT2D eigenvalue weighted by molar-refractivity contribution is 0.168. The van der Waals surface area contributed by atoms with Crippen molar-refractivity contribution in [1.29, 1.82) is 0 Å². The first kappa shape index (κ1) is 12.5. The summed E-state index contributed by atoms with van der Waals surface area (Å²) in [6.07, 6.45) is 12.1. The lowest BCUT2D eigenvalue weighted by atomic mass is 9.73. The Bertz CT molecular complexity index is 206. The maximum atomic E-state index is 2.45. The molecular weight excluding hydrogens is 192 g/mol. The van der Waals surface area contributed by atoms with E-state index in [1.165, 1.54) is 32.1 Å². The van der Waals surface area contributed by atoms with Gasteiger partial charge < -0.3 is 0 Å². The highest BCUT2D eigenvalue weighted by Gasteiger charge is 2.40.